The first-order chi connectivity index (χ1) is 15.5. The maximum atomic E-state index is 13.3. The Hall–Kier alpha value is -3.52. The van der Waals surface area contributed by atoms with E-state index >= 15 is 0 Å². The number of carbonyl (C=O) groups excluding carboxylic acids is 2. The first kappa shape index (κ1) is 23.1. The van der Waals surface area contributed by atoms with E-state index in [2.05, 4.69) is 5.32 Å². The van der Waals surface area contributed by atoms with Gasteiger partial charge in [0.2, 0.25) is 0 Å². The predicted octanol–water partition coefficient (Wildman–Crippen LogP) is 3.33. The van der Waals surface area contributed by atoms with Gasteiger partial charge in [-0.1, -0.05) is 18.2 Å². The SMILES string of the molecule is CCOc1ccccc1NC1=C(c2ccc(OC)c(OC)c2)C(=O)N(CCCOC)C1=O. The van der Waals surface area contributed by atoms with E-state index in [9.17, 15) is 9.59 Å². The number of nitrogens with one attached hydrogen (secondary N) is 1. The molecule has 2 amide bonds. The van der Waals surface area contributed by atoms with Gasteiger partial charge in [-0.2, -0.15) is 0 Å². The molecule has 2 aromatic carbocycles. The van der Waals surface area contributed by atoms with Crippen LogP contribution in [0.2, 0.25) is 0 Å². The number of rotatable bonds is 11. The van der Waals surface area contributed by atoms with Crippen molar-refractivity contribution < 1.29 is 28.5 Å². The van der Waals surface area contributed by atoms with Crippen molar-refractivity contribution in [2.24, 2.45) is 0 Å². The van der Waals surface area contributed by atoms with E-state index in [-0.39, 0.29) is 23.7 Å². The summed E-state index contributed by atoms with van der Waals surface area (Å²) in [5, 5.41) is 3.15. The summed E-state index contributed by atoms with van der Waals surface area (Å²) in [6, 6.07) is 12.4. The molecule has 0 bridgehead atoms. The van der Waals surface area contributed by atoms with Crippen LogP contribution in [0.5, 0.6) is 17.2 Å². The highest BCUT2D eigenvalue weighted by Gasteiger charge is 2.39. The van der Waals surface area contributed by atoms with Gasteiger partial charge in [-0.25, -0.2) is 0 Å². The quantitative estimate of drug-likeness (QED) is 0.424. The second kappa shape index (κ2) is 10.7. The predicted molar refractivity (Wildman–Crippen MR) is 121 cm³/mol. The normalized spacial score (nSPS) is 13.6. The summed E-state index contributed by atoms with van der Waals surface area (Å²) in [6.45, 7) is 3.04. The Bertz CT molecular complexity index is 1020. The molecule has 8 nitrogen and oxygen atoms in total. The summed E-state index contributed by atoms with van der Waals surface area (Å²) in [5.74, 6) is 0.801. The van der Waals surface area contributed by atoms with Crippen LogP contribution in [0, 0.1) is 0 Å². The minimum absolute atomic E-state index is 0.187. The molecule has 0 spiro atoms. The van der Waals surface area contributed by atoms with Crippen molar-refractivity contribution in [3.8, 4) is 17.2 Å². The molecule has 0 aromatic heterocycles. The van der Waals surface area contributed by atoms with E-state index in [1.165, 1.54) is 19.1 Å². The minimum Gasteiger partial charge on any atom is -0.493 e. The molecule has 0 saturated carbocycles. The Labute approximate surface area is 187 Å². The second-order valence-electron chi connectivity index (χ2n) is 6.98. The molecule has 0 radical (unpaired) electrons. The number of benzene rings is 2. The molecule has 0 aliphatic carbocycles. The zero-order chi connectivity index (χ0) is 23.1. The number of ether oxygens (including phenoxy) is 4. The van der Waals surface area contributed by atoms with E-state index in [0.29, 0.717) is 48.1 Å². The van der Waals surface area contributed by atoms with Crippen LogP contribution in [0.25, 0.3) is 5.57 Å². The van der Waals surface area contributed by atoms with Gasteiger partial charge in [-0.3, -0.25) is 14.5 Å². The van der Waals surface area contributed by atoms with Gasteiger partial charge in [0.1, 0.15) is 11.4 Å². The third-order valence-electron chi connectivity index (χ3n) is 5.02. The Morgan fingerprint density at radius 1 is 0.906 bits per heavy atom. The van der Waals surface area contributed by atoms with Crippen LogP contribution >= 0.6 is 0 Å². The molecule has 0 atom stereocenters. The van der Waals surface area contributed by atoms with Crippen LogP contribution in [0.3, 0.4) is 0 Å². The maximum absolute atomic E-state index is 13.3. The average Bonchev–Trinajstić information content (AvgIpc) is 3.04. The van der Waals surface area contributed by atoms with Gasteiger partial charge in [-0.15, -0.1) is 0 Å². The fourth-order valence-electron chi connectivity index (χ4n) is 3.51. The van der Waals surface area contributed by atoms with Crippen molar-refractivity contribution in [2.45, 2.75) is 13.3 Å². The Kier molecular flexibility index (Phi) is 7.72. The highest BCUT2D eigenvalue weighted by atomic mass is 16.5. The highest BCUT2D eigenvalue weighted by Crippen LogP contribution is 2.37. The number of carbonyl (C=O) groups is 2. The number of nitrogens with zero attached hydrogens (tertiary/aromatic N) is 1. The molecule has 1 heterocycles. The van der Waals surface area contributed by atoms with E-state index in [1.54, 1.807) is 37.4 Å². The van der Waals surface area contributed by atoms with Crippen molar-refractivity contribution in [3.05, 3.63) is 53.7 Å². The second-order valence-corrected chi connectivity index (χ2v) is 6.98. The lowest BCUT2D eigenvalue weighted by molar-refractivity contribution is -0.136. The third-order valence-corrected chi connectivity index (χ3v) is 5.02. The van der Waals surface area contributed by atoms with Gasteiger partial charge in [0.05, 0.1) is 32.1 Å². The summed E-state index contributed by atoms with van der Waals surface area (Å²) >= 11 is 0. The van der Waals surface area contributed by atoms with E-state index in [4.69, 9.17) is 18.9 Å². The summed E-state index contributed by atoms with van der Waals surface area (Å²) < 4.78 is 21.5. The Balaban J connectivity index is 2.07. The third kappa shape index (κ3) is 4.70. The van der Waals surface area contributed by atoms with Crippen LogP contribution in [0.15, 0.2) is 48.2 Å². The topological polar surface area (TPSA) is 86.3 Å². The fourth-order valence-corrected chi connectivity index (χ4v) is 3.51. The molecule has 0 unspecified atom stereocenters. The summed E-state index contributed by atoms with van der Waals surface area (Å²) in [4.78, 5) is 27.9. The largest absolute Gasteiger partial charge is 0.493 e. The molecule has 2 aromatic rings. The number of anilines is 1. The van der Waals surface area contributed by atoms with Gasteiger partial charge in [0, 0.05) is 20.3 Å². The number of para-hydroxylation sites is 2. The first-order valence-corrected chi connectivity index (χ1v) is 10.4. The van der Waals surface area contributed by atoms with Gasteiger partial charge in [0.25, 0.3) is 11.8 Å². The zero-order valence-electron chi connectivity index (χ0n) is 18.8. The number of hydrogen-bond donors (Lipinski definition) is 1. The maximum Gasteiger partial charge on any atom is 0.278 e. The van der Waals surface area contributed by atoms with Gasteiger partial charge >= 0.3 is 0 Å². The molecule has 8 heteroatoms. The van der Waals surface area contributed by atoms with Crippen LogP contribution in [-0.4, -0.2) is 57.8 Å². The molecule has 1 aliphatic rings. The summed E-state index contributed by atoms with van der Waals surface area (Å²) in [5.41, 5.74) is 1.60. The Morgan fingerprint density at radius 2 is 1.66 bits per heavy atom. The van der Waals surface area contributed by atoms with Crippen molar-refractivity contribution >= 4 is 23.1 Å². The molecule has 3 rings (SSSR count). The molecule has 32 heavy (non-hydrogen) atoms. The van der Waals surface area contributed by atoms with Crippen molar-refractivity contribution in [2.75, 3.05) is 46.4 Å². The molecule has 0 fully saturated rings. The number of hydrogen-bond acceptors (Lipinski definition) is 7. The number of amides is 2. The lowest BCUT2D eigenvalue weighted by atomic mass is 10.0. The average molecular weight is 440 g/mol. The van der Waals surface area contributed by atoms with E-state index in [1.807, 2.05) is 19.1 Å². The highest BCUT2D eigenvalue weighted by molar-refractivity contribution is 6.36. The van der Waals surface area contributed by atoms with Gasteiger partial charge in [0.15, 0.2) is 11.5 Å². The van der Waals surface area contributed by atoms with Crippen molar-refractivity contribution in [3.63, 3.8) is 0 Å². The number of imide groups is 1. The van der Waals surface area contributed by atoms with Crippen LogP contribution in [-0.2, 0) is 14.3 Å². The van der Waals surface area contributed by atoms with Crippen LogP contribution in [0.1, 0.15) is 18.9 Å². The molecule has 0 saturated heterocycles. The Morgan fingerprint density at radius 3 is 2.34 bits per heavy atom. The molecule has 1 N–H and O–H groups in total. The van der Waals surface area contributed by atoms with Crippen LogP contribution in [0.4, 0.5) is 5.69 Å². The van der Waals surface area contributed by atoms with E-state index in [0.717, 1.165) is 0 Å². The lowest BCUT2D eigenvalue weighted by Gasteiger charge is -2.15. The number of methoxy groups -OCH3 is 3. The summed E-state index contributed by atoms with van der Waals surface area (Å²) in [6.07, 6.45) is 0.538. The van der Waals surface area contributed by atoms with Crippen molar-refractivity contribution in [1.29, 1.82) is 0 Å². The first-order valence-electron chi connectivity index (χ1n) is 10.4. The standard InChI is InChI=1S/C24H28N2O6/c1-5-32-18-10-7-6-9-17(18)25-22-21(16-11-12-19(30-3)20(15-16)31-4)23(27)26(24(22)28)13-8-14-29-2/h6-7,9-12,15,25H,5,8,13-14H2,1-4H3. The molecular weight excluding hydrogens is 412 g/mol. The minimum atomic E-state index is -0.401. The van der Waals surface area contributed by atoms with Gasteiger partial charge < -0.3 is 24.3 Å². The van der Waals surface area contributed by atoms with Crippen LogP contribution < -0.4 is 19.5 Å². The monoisotopic (exact) mass is 440 g/mol. The van der Waals surface area contributed by atoms with Gasteiger partial charge in [-0.05, 0) is 43.2 Å². The zero-order valence-corrected chi connectivity index (χ0v) is 18.8. The van der Waals surface area contributed by atoms with Crippen molar-refractivity contribution in [1.82, 2.24) is 4.90 Å². The lowest BCUT2D eigenvalue weighted by Crippen LogP contribution is -2.33. The smallest absolute Gasteiger partial charge is 0.278 e. The van der Waals surface area contributed by atoms with E-state index < -0.39 is 5.91 Å². The molecule has 170 valence electrons. The summed E-state index contributed by atoms with van der Waals surface area (Å²) in [7, 11) is 4.64. The fraction of sp³-hybridized carbons (Fsp3) is 0.333. The molecular formula is C24H28N2O6. The molecule has 1 aliphatic heterocycles.